The molecule has 21 heavy (non-hydrogen) atoms. The molecule has 0 saturated heterocycles. The maximum absolute atomic E-state index is 11.8. The SMILES string of the molecule is CCN(CC)CCOC(=O)Nc1cc(OC)ccc1OC. The van der Waals surface area contributed by atoms with Gasteiger partial charge in [0.25, 0.3) is 0 Å². The lowest BCUT2D eigenvalue weighted by Crippen LogP contribution is -2.28. The summed E-state index contributed by atoms with van der Waals surface area (Å²) in [6, 6.07) is 5.17. The van der Waals surface area contributed by atoms with Gasteiger partial charge in [-0.1, -0.05) is 13.8 Å². The van der Waals surface area contributed by atoms with E-state index >= 15 is 0 Å². The molecule has 0 aliphatic carbocycles. The first kappa shape index (κ1) is 17.1. The highest BCUT2D eigenvalue weighted by Gasteiger charge is 2.10. The fourth-order valence-corrected chi connectivity index (χ4v) is 1.87. The number of hydrogen-bond donors (Lipinski definition) is 1. The predicted molar refractivity (Wildman–Crippen MR) is 82.3 cm³/mol. The van der Waals surface area contributed by atoms with Gasteiger partial charge in [0.15, 0.2) is 0 Å². The summed E-state index contributed by atoms with van der Waals surface area (Å²) in [6.07, 6.45) is -0.506. The topological polar surface area (TPSA) is 60.0 Å². The van der Waals surface area contributed by atoms with E-state index in [2.05, 4.69) is 24.1 Å². The summed E-state index contributed by atoms with van der Waals surface area (Å²) in [5, 5.41) is 2.66. The van der Waals surface area contributed by atoms with Gasteiger partial charge in [0.1, 0.15) is 18.1 Å². The number of nitrogens with zero attached hydrogens (tertiary/aromatic N) is 1. The summed E-state index contributed by atoms with van der Waals surface area (Å²) < 4.78 is 15.5. The van der Waals surface area contributed by atoms with Gasteiger partial charge in [0, 0.05) is 12.6 Å². The number of likely N-dealkylation sites (N-methyl/N-ethyl adjacent to an activating group) is 1. The molecule has 1 aromatic carbocycles. The molecule has 0 atom stereocenters. The summed E-state index contributed by atoms with van der Waals surface area (Å²) in [4.78, 5) is 14.0. The zero-order valence-electron chi connectivity index (χ0n) is 13.1. The minimum Gasteiger partial charge on any atom is -0.497 e. The molecule has 1 aromatic rings. The summed E-state index contributed by atoms with van der Waals surface area (Å²) in [5.41, 5.74) is 0.518. The molecule has 0 heterocycles. The molecular formula is C15H24N2O4. The third-order valence-electron chi connectivity index (χ3n) is 3.18. The molecule has 6 heteroatoms. The van der Waals surface area contributed by atoms with Gasteiger partial charge in [0.05, 0.1) is 19.9 Å². The summed E-state index contributed by atoms with van der Waals surface area (Å²) >= 11 is 0. The highest BCUT2D eigenvalue weighted by Crippen LogP contribution is 2.28. The molecule has 6 nitrogen and oxygen atoms in total. The van der Waals surface area contributed by atoms with Crippen LogP contribution in [0.5, 0.6) is 11.5 Å². The molecule has 1 rings (SSSR count). The van der Waals surface area contributed by atoms with Crippen molar-refractivity contribution < 1.29 is 19.0 Å². The van der Waals surface area contributed by atoms with E-state index < -0.39 is 6.09 Å². The van der Waals surface area contributed by atoms with Crippen LogP contribution in [0.2, 0.25) is 0 Å². The van der Waals surface area contributed by atoms with Crippen LogP contribution >= 0.6 is 0 Å². The molecule has 118 valence electrons. The number of benzene rings is 1. The Morgan fingerprint density at radius 3 is 2.48 bits per heavy atom. The molecule has 1 amide bonds. The Hall–Kier alpha value is -1.95. The van der Waals surface area contributed by atoms with Gasteiger partial charge in [0.2, 0.25) is 0 Å². The fraction of sp³-hybridized carbons (Fsp3) is 0.533. The highest BCUT2D eigenvalue weighted by atomic mass is 16.5. The molecule has 0 aromatic heterocycles. The fourth-order valence-electron chi connectivity index (χ4n) is 1.87. The Morgan fingerprint density at radius 2 is 1.90 bits per heavy atom. The highest BCUT2D eigenvalue weighted by molar-refractivity contribution is 5.87. The Bertz CT molecular complexity index is 447. The van der Waals surface area contributed by atoms with Gasteiger partial charge < -0.3 is 19.1 Å². The monoisotopic (exact) mass is 296 g/mol. The van der Waals surface area contributed by atoms with Gasteiger partial charge >= 0.3 is 6.09 Å². The van der Waals surface area contributed by atoms with Crippen molar-refractivity contribution in [2.24, 2.45) is 0 Å². The van der Waals surface area contributed by atoms with Crippen molar-refractivity contribution in [2.45, 2.75) is 13.8 Å². The Balaban J connectivity index is 2.54. The van der Waals surface area contributed by atoms with E-state index in [1.54, 1.807) is 32.4 Å². The molecule has 0 fully saturated rings. The third kappa shape index (κ3) is 5.51. The van der Waals surface area contributed by atoms with E-state index in [0.717, 1.165) is 19.6 Å². The molecule has 0 unspecified atom stereocenters. The number of carbonyl (C=O) groups excluding carboxylic acids is 1. The average molecular weight is 296 g/mol. The summed E-state index contributed by atoms with van der Waals surface area (Å²) in [7, 11) is 3.10. The molecule has 0 aliphatic heterocycles. The van der Waals surface area contributed by atoms with Crippen LogP contribution in [0.25, 0.3) is 0 Å². The van der Waals surface area contributed by atoms with Gasteiger partial charge in [-0.3, -0.25) is 5.32 Å². The number of nitrogens with one attached hydrogen (secondary N) is 1. The number of anilines is 1. The lowest BCUT2D eigenvalue weighted by atomic mass is 10.2. The van der Waals surface area contributed by atoms with Crippen molar-refractivity contribution in [2.75, 3.05) is 45.8 Å². The average Bonchev–Trinajstić information content (AvgIpc) is 2.51. The van der Waals surface area contributed by atoms with Gasteiger partial charge in [-0.2, -0.15) is 0 Å². The summed E-state index contributed by atoms with van der Waals surface area (Å²) in [6.45, 7) is 7.08. The Labute approximate surface area is 126 Å². The quantitative estimate of drug-likeness (QED) is 0.799. The zero-order chi connectivity index (χ0) is 15.7. The van der Waals surface area contributed by atoms with Crippen molar-refractivity contribution in [3.05, 3.63) is 18.2 Å². The van der Waals surface area contributed by atoms with Crippen LogP contribution in [0, 0.1) is 0 Å². The van der Waals surface area contributed by atoms with Crippen LogP contribution in [0.4, 0.5) is 10.5 Å². The number of hydrogen-bond acceptors (Lipinski definition) is 5. The molecule has 1 N–H and O–H groups in total. The number of carbonyl (C=O) groups is 1. The molecule has 0 saturated carbocycles. The maximum Gasteiger partial charge on any atom is 0.411 e. The smallest absolute Gasteiger partial charge is 0.411 e. The van der Waals surface area contributed by atoms with Gasteiger partial charge in [-0.05, 0) is 25.2 Å². The maximum atomic E-state index is 11.8. The van der Waals surface area contributed by atoms with Crippen LogP contribution < -0.4 is 14.8 Å². The van der Waals surface area contributed by atoms with E-state index in [9.17, 15) is 4.79 Å². The van der Waals surface area contributed by atoms with Crippen molar-refractivity contribution in [1.82, 2.24) is 4.90 Å². The van der Waals surface area contributed by atoms with Crippen molar-refractivity contribution in [3.8, 4) is 11.5 Å². The van der Waals surface area contributed by atoms with Crippen LogP contribution in [0.3, 0.4) is 0 Å². The minimum atomic E-state index is -0.506. The first-order chi connectivity index (χ1) is 10.1. The third-order valence-corrected chi connectivity index (χ3v) is 3.18. The predicted octanol–water partition coefficient (Wildman–Crippen LogP) is 2.59. The molecular weight excluding hydrogens is 272 g/mol. The first-order valence-corrected chi connectivity index (χ1v) is 7.02. The molecule has 0 radical (unpaired) electrons. The normalized spacial score (nSPS) is 10.3. The molecule has 0 bridgehead atoms. The minimum absolute atomic E-state index is 0.347. The Kier molecular flexibility index (Phi) is 7.39. The molecule has 0 spiro atoms. The van der Waals surface area contributed by atoms with Crippen molar-refractivity contribution >= 4 is 11.8 Å². The number of ether oxygens (including phenoxy) is 3. The van der Waals surface area contributed by atoms with E-state index in [1.165, 1.54) is 0 Å². The van der Waals surface area contributed by atoms with E-state index in [4.69, 9.17) is 14.2 Å². The van der Waals surface area contributed by atoms with E-state index in [1.807, 2.05) is 0 Å². The molecule has 0 aliphatic rings. The standard InChI is InChI=1S/C15H24N2O4/c1-5-17(6-2)9-10-21-15(18)16-13-11-12(19-3)7-8-14(13)20-4/h7-8,11H,5-6,9-10H2,1-4H3,(H,16,18). The second-order valence-electron chi connectivity index (χ2n) is 4.35. The van der Waals surface area contributed by atoms with Crippen LogP contribution in [0.1, 0.15) is 13.8 Å². The number of rotatable bonds is 8. The second kappa shape index (κ2) is 9.07. The van der Waals surface area contributed by atoms with Gasteiger partial charge in [-0.25, -0.2) is 4.79 Å². The lowest BCUT2D eigenvalue weighted by molar-refractivity contribution is 0.142. The number of amides is 1. The van der Waals surface area contributed by atoms with Crippen molar-refractivity contribution in [3.63, 3.8) is 0 Å². The van der Waals surface area contributed by atoms with Crippen LogP contribution in [-0.4, -0.2) is 51.5 Å². The lowest BCUT2D eigenvalue weighted by Gasteiger charge is -2.18. The van der Waals surface area contributed by atoms with Gasteiger partial charge in [-0.15, -0.1) is 0 Å². The van der Waals surface area contributed by atoms with Crippen molar-refractivity contribution in [1.29, 1.82) is 0 Å². The van der Waals surface area contributed by atoms with Crippen LogP contribution in [-0.2, 0) is 4.74 Å². The second-order valence-corrected chi connectivity index (χ2v) is 4.35. The largest absolute Gasteiger partial charge is 0.497 e. The zero-order valence-corrected chi connectivity index (χ0v) is 13.1. The van der Waals surface area contributed by atoms with E-state index in [0.29, 0.717) is 23.8 Å². The van der Waals surface area contributed by atoms with E-state index in [-0.39, 0.29) is 0 Å². The number of methoxy groups -OCH3 is 2. The Morgan fingerprint density at radius 1 is 1.19 bits per heavy atom. The summed E-state index contributed by atoms with van der Waals surface area (Å²) in [5.74, 6) is 1.19. The van der Waals surface area contributed by atoms with Crippen LogP contribution in [0.15, 0.2) is 18.2 Å². The first-order valence-electron chi connectivity index (χ1n) is 7.02.